The Bertz CT molecular complexity index is 1180. The van der Waals surface area contributed by atoms with Crippen molar-refractivity contribution in [1.82, 2.24) is 30.2 Å². The first kappa shape index (κ1) is 24.2. The topological polar surface area (TPSA) is 114 Å². The van der Waals surface area contributed by atoms with Gasteiger partial charge in [0.1, 0.15) is 24.4 Å². The van der Waals surface area contributed by atoms with Gasteiger partial charge < -0.3 is 29.4 Å². The summed E-state index contributed by atoms with van der Waals surface area (Å²) in [5.41, 5.74) is 2.68. The summed E-state index contributed by atoms with van der Waals surface area (Å²) in [6, 6.07) is 5.58. The zero-order valence-electron chi connectivity index (χ0n) is 19.1. The van der Waals surface area contributed by atoms with E-state index in [2.05, 4.69) is 30.2 Å². The molecule has 0 unspecified atom stereocenters. The van der Waals surface area contributed by atoms with Crippen LogP contribution in [0.2, 0.25) is 0 Å². The number of piperidine rings is 1. The Morgan fingerprint density at radius 3 is 2.76 bits per heavy atom. The second kappa shape index (κ2) is 11.0. The third kappa shape index (κ3) is 5.57. The molecule has 3 aromatic rings. The van der Waals surface area contributed by atoms with E-state index in [1.165, 1.54) is 6.07 Å². The van der Waals surface area contributed by atoms with Crippen LogP contribution in [0.4, 0.5) is 0 Å². The number of ether oxygens (including phenoxy) is 3. The molecule has 2 N–H and O–H groups in total. The number of aromatic amines is 1. The van der Waals surface area contributed by atoms with Gasteiger partial charge in [-0.15, -0.1) is 12.4 Å². The van der Waals surface area contributed by atoms with E-state index in [4.69, 9.17) is 14.2 Å². The Hall–Kier alpha value is -2.95. The summed E-state index contributed by atoms with van der Waals surface area (Å²) < 4.78 is 16.6. The standard InChI is InChI=1S/C23H28N6O4.ClH/c1-31-23-18(26-17-2-3-21(30)27-22(17)28-23)6-9-29-7-4-15(5-8-29)24-13-16-12-19-20(14-25-16)33-11-10-32-19;/h2-3,12,14-15,24H,4-11,13H2,1H3,(H,27,28,30);1H. The number of hydrogen-bond acceptors (Lipinski definition) is 9. The highest BCUT2D eigenvalue weighted by molar-refractivity contribution is 5.85. The fraction of sp³-hybridized carbons (Fsp3) is 0.478. The lowest BCUT2D eigenvalue weighted by atomic mass is 10.0. The highest BCUT2D eigenvalue weighted by atomic mass is 35.5. The Balaban J connectivity index is 0.00000274. The number of fused-ring (bicyclic) bond motifs is 2. The van der Waals surface area contributed by atoms with Crippen molar-refractivity contribution >= 4 is 23.6 Å². The van der Waals surface area contributed by atoms with Crippen LogP contribution in [0, 0.1) is 0 Å². The van der Waals surface area contributed by atoms with Crippen LogP contribution >= 0.6 is 12.4 Å². The average Bonchev–Trinajstić information content (AvgIpc) is 2.86. The summed E-state index contributed by atoms with van der Waals surface area (Å²) in [4.78, 5) is 30.2. The number of halogens is 1. The van der Waals surface area contributed by atoms with Gasteiger partial charge in [0.15, 0.2) is 17.1 Å². The number of nitrogens with zero attached hydrogens (tertiary/aromatic N) is 4. The van der Waals surface area contributed by atoms with Crippen molar-refractivity contribution in [3.63, 3.8) is 0 Å². The maximum absolute atomic E-state index is 11.5. The molecule has 3 aromatic heterocycles. The Labute approximate surface area is 203 Å². The van der Waals surface area contributed by atoms with E-state index < -0.39 is 0 Å². The fourth-order valence-electron chi connectivity index (χ4n) is 4.28. The van der Waals surface area contributed by atoms with Crippen molar-refractivity contribution in [2.75, 3.05) is 40.0 Å². The quantitative estimate of drug-likeness (QED) is 0.512. The molecule has 11 heteroatoms. The summed E-state index contributed by atoms with van der Waals surface area (Å²) in [5.74, 6) is 1.97. The molecule has 1 fully saturated rings. The fourth-order valence-corrected chi connectivity index (χ4v) is 4.28. The minimum Gasteiger partial charge on any atom is -0.486 e. The van der Waals surface area contributed by atoms with Gasteiger partial charge in [-0.25, -0.2) is 4.98 Å². The van der Waals surface area contributed by atoms with Crippen LogP contribution in [0.1, 0.15) is 24.2 Å². The van der Waals surface area contributed by atoms with Crippen molar-refractivity contribution < 1.29 is 14.2 Å². The molecule has 2 aliphatic rings. The van der Waals surface area contributed by atoms with Crippen molar-refractivity contribution in [3.05, 3.63) is 46.1 Å². The van der Waals surface area contributed by atoms with E-state index in [-0.39, 0.29) is 18.0 Å². The zero-order valence-corrected chi connectivity index (χ0v) is 19.9. The number of pyridine rings is 2. The summed E-state index contributed by atoms with van der Waals surface area (Å²) in [5, 5.41) is 3.63. The normalized spacial score (nSPS) is 16.3. The van der Waals surface area contributed by atoms with Crippen LogP contribution in [0.25, 0.3) is 11.2 Å². The maximum Gasteiger partial charge on any atom is 0.249 e. The van der Waals surface area contributed by atoms with Gasteiger partial charge >= 0.3 is 0 Å². The smallest absolute Gasteiger partial charge is 0.249 e. The lowest BCUT2D eigenvalue weighted by Crippen LogP contribution is -2.43. The highest BCUT2D eigenvalue weighted by Crippen LogP contribution is 2.29. The van der Waals surface area contributed by atoms with Gasteiger partial charge in [0, 0.05) is 37.7 Å². The molecule has 0 radical (unpaired) electrons. The van der Waals surface area contributed by atoms with E-state index in [1.807, 2.05) is 6.07 Å². The third-order valence-corrected chi connectivity index (χ3v) is 6.10. The molecule has 34 heavy (non-hydrogen) atoms. The first-order valence-electron chi connectivity index (χ1n) is 11.3. The molecular formula is C23H29ClN6O4. The first-order valence-corrected chi connectivity index (χ1v) is 11.3. The summed E-state index contributed by atoms with van der Waals surface area (Å²) >= 11 is 0. The first-order chi connectivity index (χ1) is 16.2. The monoisotopic (exact) mass is 488 g/mol. The summed E-state index contributed by atoms with van der Waals surface area (Å²) in [6.07, 6.45) is 4.64. The minimum absolute atomic E-state index is 0. The molecule has 5 rings (SSSR count). The molecule has 5 heterocycles. The molecule has 0 bridgehead atoms. The molecule has 1 saturated heterocycles. The molecule has 0 spiro atoms. The second-order valence-electron chi connectivity index (χ2n) is 8.30. The van der Waals surface area contributed by atoms with Gasteiger partial charge in [-0.2, -0.15) is 4.98 Å². The molecule has 0 atom stereocenters. The predicted octanol–water partition coefficient (Wildman–Crippen LogP) is 1.71. The molecule has 2 aliphatic heterocycles. The van der Waals surface area contributed by atoms with Gasteiger partial charge in [-0.1, -0.05) is 0 Å². The largest absolute Gasteiger partial charge is 0.486 e. The number of hydrogen-bond donors (Lipinski definition) is 2. The van der Waals surface area contributed by atoms with Crippen LogP contribution in [0.3, 0.4) is 0 Å². The van der Waals surface area contributed by atoms with E-state index in [0.29, 0.717) is 42.8 Å². The molecule has 10 nitrogen and oxygen atoms in total. The number of H-pyrrole nitrogens is 1. The number of methoxy groups -OCH3 is 1. The zero-order chi connectivity index (χ0) is 22.6. The Morgan fingerprint density at radius 2 is 1.97 bits per heavy atom. The number of rotatable bonds is 7. The van der Waals surface area contributed by atoms with Crippen LogP contribution in [-0.4, -0.2) is 70.8 Å². The van der Waals surface area contributed by atoms with E-state index >= 15 is 0 Å². The van der Waals surface area contributed by atoms with E-state index in [0.717, 1.165) is 61.8 Å². The molecular weight excluding hydrogens is 460 g/mol. The average molecular weight is 489 g/mol. The Kier molecular flexibility index (Phi) is 7.81. The van der Waals surface area contributed by atoms with Gasteiger partial charge in [-0.3, -0.25) is 9.78 Å². The number of nitrogens with one attached hydrogen (secondary N) is 2. The lowest BCUT2D eigenvalue weighted by Gasteiger charge is -2.32. The summed E-state index contributed by atoms with van der Waals surface area (Å²) in [6.45, 7) is 4.79. The minimum atomic E-state index is -0.201. The van der Waals surface area contributed by atoms with E-state index in [9.17, 15) is 4.79 Å². The number of aromatic nitrogens is 4. The van der Waals surface area contributed by atoms with Gasteiger partial charge in [0.25, 0.3) is 0 Å². The van der Waals surface area contributed by atoms with Crippen molar-refractivity contribution in [2.24, 2.45) is 0 Å². The van der Waals surface area contributed by atoms with Crippen molar-refractivity contribution in [2.45, 2.75) is 31.8 Å². The van der Waals surface area contributed by atoms with Crippen LogP contribution in [0.5, 0.6) is 17.4 Å². The van der Waals surface area contributed by atoms with Crippen LogP contribution in [-0.2, 0) is 13.0 Å². The lowest BCUT2D eigenvalue weighted by molar-refractivity contribution is 0.170. The summed E-state index contributed by atoms with van der Waals surface area (Å²) in [7, 11) is 1.58. The predicted molar refractivity (Wildman–Crippen MR) is 129 cm³/mol. The highest BCUT2D eigenvalue weighted by Gasteiger charge is 2.20. The van der Waals surface area contributed by atoms with Gasteiger partial charge in [-0.05, 0) is 32.0 Å². The maximum atomic E-state index is 11.5. The molecule has 182 valence electrons. The van der Waals surface area contributed by atoms with Crippen molar-refractivity contribution in [3.8, 4) is 17.4 Å². The molecule has 0 amide bonds. The third-order valence-electron chi connectivity index (χ3n) is 6.10. The van der Waals surface area contributed by atoms with Gasteiger partial charge in [0.2, 0.25) is 11.4 Å². The SMILES string of the molecule is COc1nc2[nH]c(=O)ccc2nc1CCN1CCC(NCc2cc3c(cn2)OCCO3)CC1.Cl. The van der Waals surface area contributed by atoms with Crippen LogP contribution in [0.15, 0.2) is 29.2 Å². The number of likely N-dealkylation sites (tertiary alicyclic amines) is 1. The van der Waals surface area contributed by atoms with Crippen molar-refractivity contribution in [1.29, 1.82) is 0 Å². The van der Waals surface area contributed by atoms with Crippen LogP contribution < -0.4 is 25.1 Å². The molecule has 0 aliphatic carbocycles. The second-order valence-corrected chi connectivity index (χ2v) is 8.30. The Morgan fingerprint density at radius 1 is 1.18 bits per heavy atom. The van der Waals surface area contributed by atoms with E-state index in [1.54, 1.807) is 19.4 Å². The molecule has 0 aromatic carbocycles. The van der Waals surface area contributed by atoms with Gasteiger partial charge in [0.05, 0.1) is 19.0 Å². The molecule has 0 saturated carbocycles.